The summed E-state index contributed by atoms with van der Waals surface area (Å²) in [6.07, 6.45) is 7.03. The smallest absolute Gasteiger partial charge is 0.148 e. The molecule has 0 spiro atoms. The number of hydrogen-bond acceptors (Lipinski definition) is 7. The van der Waals surface area contributed by atoms with Crippen LogP contribution in [0.2, 0.25) is 0 Å². The second kappa shape index (κ2) is 13.8. The van der Waals surface area contributed by atoms with Gasteiger partial charge in [-0.2, -0.15) is 15.3 Å². The van der Waals surface area contributed by atoms with Crippen molar-refractivity contribution in [1.29, 1.82) is 0 Å². The van der Waals surface area contributed by atoms with Crippen LogP contribution in [0.5, 0.6) is 11.5 Å². The number of nitrogens with two attached hydrogens (primary N) is 1. The molecular weight excluding hydrogens is 438 g/mol. The molecule has 0 aliphatic heterocycles. The molecule has 2 aromatic rings. The van der Waals surface area contributed by atoms with E-state index in [1.165, 1.54) is 5.57 Å². The molecule has 186 valence electrons. The molecule has 2 aromatic carbocycles. The molecule has 0 saturated carbocycles. The molecule has 2 N–H and O–H groups in total. The third-order valence-corrected chi connectivity index (χ3v) is 5.33. The summed E-state index contributed by atoms with van der Waals surface area (Å²) < 4.78 is 11.3. The van der Waals surface area contributed by atoms with E-state index in [-0.39, 0.29) is 0 Å². The summed E-state index contributed by atoms with van der Waals surface area (Å²) >= 11 is 0. The number of anilines is 1. The summed E-state index contributed by atoms with van der Waals surface area (Å²) in [5.41, 5.74) is 12.6. The first-order valence-corrected chi connectivity index (χ1v) is 11.9. The zero-order valence-electron chi connectivity index (χ0n) is 21.6. The van der Waals surface area contributed by atoms with E-state index in [2.05, 4.69) is 47.5 Å². The summed E-state index contributed by atoms with van der Waals surface area (Å²) in [7, 11) is 1.59. The van der Waals surface area contributed by atoms with Gasteiger partial charge in [0.25, 0.3) is 0 Å². The van der Waals surface area contributed by atoms with Crippen molar-refractivity contribution in [2.24, 2.45) is 20.5 Å². The molecule has 0 radical (unpaired) electrons. The Bertz CT molecular complexity index is 1130. The average Bonchev–Trinajstić information content (AvgIpc) is 2.85. The molecule has 0 aromatic heterocycles. The van der Waals surface area contributed by atoms with Crippen LogP contribution in [0, 0.1) is 6.92 Å². The Hall–Kier alpha value is -3.74. The van der Waals surface area contributed by atoms with Crippen LogP contribution in [0.3, 0.4) is 0 Å². The number of nitrogen functional groups attached to an aromatic ring is 1. The molecule has 0 saturated heterocycles. The number of nitrogens with zero attached hydrogens (tertiary/aromatic N) is 4. The normalized spacial score (nSPS) is 11.9. The van der Waals surface area contributed by atoms with E-state index in [1.807, 2.05) is 44.2 Å². The summed E-state index contributed by atoms with van der Waals surface area (Å²) in [5.74, 6) is 1.17. The molecular formula is C28H37N5O2. The molecule has 0 fully saturated rings. The van der Waals surface area contributed by atoms with Crippen molar-refractivity contribution in [3.63, 3.8) is 0 Å². The van der Waals surface area contributed by atoms with Crippen LogP contribution in [0.25, 0.3) is 0 Å². The van der Waals surface area contributed by atoms with E-state index in [0.29, 0.717) is 46.6 Å². The average molecular weight is 476 g/mol. The maximum absolute atomic E-state index is 6.14. The van der Waals surface area contributed by atoms with Crippen LogP contribution < -0.4 is 15.2 Å². The molecule has 0 heterocycles. The van der Waals surface area contributed by atoms with E-state index < -0.39 is 0 Å². The van der Waals surface area contributed by atoms with Gasteiger partial charge in [-0.1, -0.05) is 44.7 Å². The fraction of sp³-hybridized carbons (Fsp3) is 0.357. The highest BCUT2D eigenvalue weighted by Gasteiger charge is 2.11. The Labute approximate surface area is 209 Å². The first kappa shape index (κ1) is 27.5. The van der Waals surface area contributed by atoms with Crippen LogP contribution in [-0.4, -0.2) is 13.7 Å². The Morgan fingerprint density at radius 1 is 1.00 bits per heavy atom. The van der Waals surface area contributed by atoms with Crippen LogP contribution in [0.15, 0.2) is 81.3 Å². The Morgan fingerprint density at radius 3 is 2.37 bits per heavy atom. The fourth-order valence-electron chi connectivity index (χ4n) is 3.27. The van der Waals surface area contributed by atoms with Gasteiger partial charge in [0.05, 0.1) is 36.5 Å². The summed E-state index contributed by atoms with van der Waals surface area (Å²) in [6.45, 7) is 16.4. The first-order valence-electron chi connectivity index (χ1n) is 11.9. The van der Waals surface area contributed by atoms with E-state index in [1.54, 1.807) is 13.2 Å². The predicted octanol–water partition coefficient (Wildman–Crippen LogP) is 8.86. The summed E-state index contributed by atoms with van der Waals surface area (Å²) in [5, 5.41) is 17.6. The van der Waals surface area contributed by atoms with E-state index in [0.717, 1.165) is 36.8 Å². The summed E-state index contributed by atoms with van der Waals surface area (Å²) in [6, 6.07) is 7.43. The molecule has 0 atom stereocenters. The monoisotopic (exact) mass is 475 g/mol. The summed E-state index contributed by atoms with van der Waals surface area (Å²) in [4.78, 5) is 0. The van der Waals surface area contributed by atoms with Gasteiger partial charge >= 0.3 is 0 Å². The molecule has 0 bridgehead atoms. The van der Waals surface area contributed by atoms with E-state index in [9.17, 15) is 0 Å². The molecule has 2 rings (SSSR count). The fourth-order valence-corrected chi connectivity index (χ4v) is 3.27. The van der Waals surface area contributed by atoms with Crippen molar-refractivity contribution in [1.82, 2.24) is 0 Å². The quantitative estimate of drug-likeness (QED) is 0.178. The first-order chi connectivity index (χ1) is 16.8. The number of rotatable bonds is 13. The molecule has 35 heavy (non-hydrogen) atoms. The third-order valence-electron chi connectivity index (χ3n) is 5.33. The number of aryl methyl sites for hydroxylation is 2. The third kappa shape index (κ3) is 8.21. The minimum Gasteiger partial charge on any atom is -0.494 e. The largest absolute Gasteiger partial charge is 0.494 e. The van der Waals surface area contributed by atoms with Gasteiger partial charge in [-0.3, -0.25) is 0 Å². The Kier molecular flexibility index (Phi) is 10.9. The number of ether oxygens (including phenoxy) is 2. The van der Waals surface area contributed by atoms with Crippen LogP contribution in [0.4, 0.5) is 22.7 Å². The standard InChI is InChI=1S/C28H37N5O2/c1-8-11-19(4)12-13-21(6)30-31-24-17-28(34-7)26(15-20(24)5)33-32-25-18-27(35-14-9-2)23(29)16-22(25)10-3/h8,11,15-18H,1,6,9-10,12-14,29H2,2-5,7H3/b19-11-,31-30?,33-32?. The second-order valence-electron chi connectivity index (χ2n) is 8.25. The zero-order chi connectivity index (χ0) is 25.8. The van der Waals surface area contributed by atoms with Gasteiger partial charge in [-0.25, -0.2) is 0 Å². The number of allylic oxidation sites excluding steroid dienone is 4. The highest BCUT2D eigenvalue weighted by molar-refractivity contribution is 5.65. The lowest BCUT2D eigenvalue weighted by atomic mass is 10.1. The van der Waals surface area contributed by atoms with Crippen molar-refractivity contribution in [3.8, 4) is 11.5 Å². The maximum atomic E-state index is 6.14. The van der Waals surface area contributed by atoms with Gasteiger partial charge in [0, 0.05) is 12.1 Å². The Balaban J connectivity index is 2.27. The van der Waals surface area contributed by atoms with E-state index in [4.69, 9.17) is 15.2 Å². The van der Waals surface area contributed by atoms with Crippen molar-refractivity contribution < 1.29 is 9.47 Å². The minimum absolute atomic E-state index is 0.555. The predicted molar refractivity (Wildman–Crippen MR) is 145 cm³/mol. The van der Waals surface area contributed by atoms with Crippen LogP contribution >= 0.6 is 0 Å². The van der Waals surface area contributed by atoms with Gasteiger partial charge in [0.15, 0.2) is 0 Å². The Morgan fingerprint density at radius 2 is 1.71 bits per heavy atom. The van der Waals surface area contributed by atoms with E-state index >= 15 is 0 Å². The molecule has 0 aliphatic rings. The lowest BCUT2D eigenvalue weighted by Crippen LogP contribution is -2.00. The lowest BCUT2D eigenvalue weighted by Gasteiger charge is -2.11. The molecule has 0 unspecified atom stereocenters. The van der Waals surface area contributed by atoms with Crippen molar-refractivity contribution in [2.75, 3.05) is 19.5 Å². The number of methoxy groups -OCH3 is 1. The SMILES string of the molecule is C=C/C=C(/C)CCC(=C)N=Nc1cc(OC)c(N=Nc2cc(OCCC)c(N)cc2CC)cc1C. The number of azo groups is 2. The zero-order valence-corrected chi connectivity index (χ0v) is 21.6. The minimum atomic E-state index is 0.555. The van der Waals surface area contributed by atoms with Crippen molar-refractivity contribution >= 4 is 22.7 Å². The van der Waals surface area contributed by atoms with Crippen molar-refractivity contribution in [2.45, 2.75) is 53.4 Å². The number of hydrogen-bond donors (Lipinski definition) is 1. The van der Waals surface area contributed by atoms with Crippen LogP contribution in [-0.2, 0) is 6.42 Å². The van der Waals surface area contributed by atoms with Crippen molar-refractivity contribution in [3.05, 3.63) is 72.0 Å². The van der Waals surface area contributed by atoms with Gasteiger partial charge in [0.2, 0.25) is 0 Å². The van der Waals surface area contributed by atoms with Gasteiger partial charge in [-0.05, 0) is 62.8 Å². The molecule has 7 nitrogen and oxygen atoms in total. The highest BCUT2D eigenvalue weighted by atomic mass is 16.5. The lowest BCUT2D eigenvalue weighted by molar-refractivity contribution is 0.319. The highest BCUT2D eigenvalue weighted by Crippen LogP contribution is 2.38. The molecule has 0 amide bonds. The maximum Gasteiger partial charge on any atom is 0.148 e. The molecule has 0 aliphatic carbocycles. The number of benzene rings is 2. The van der Waals surface area contributed by atoms with Crippen LogP contribution in [0.1, 0.15) is 51.2 Å². The van der Waals surface area contributed by atoms with Gasteiger partial charge in [-0.15, -0.1) is 5.11 Å². The second-order valence-corrected chi connectivity index (χ2v) is 8.25. The van der Waals surface area contributed by atoms with Gasteiger partial charge < -0.3 is 15.2 Å². The topological polar surface area (TPSA) is 93.9 Å². The van der Waals surface area contributed by atoms with Gasteiger partial charge in [0.1, 0.15) is 17.2 Å². The molecule has 7 heteroatoms.